The Hall–Kier alpha value is -3.79. The number of halogens is 6. The second kappa shape index (κ2) is 10.2. The van der Waals surface area contributed by atoms with Gasteiger partial charge in [-0.05, 0) is 32.0 Å². The van der Waals surface area contributed by atoms with Crippen LogP contribution in [0.25, 0.3) is 11.0 Å². The fourth-order valence-corrected chi connectivity index (χ4v) is 4.77. The van der Waals surface area contributed by atoms with Crippen LogP contribution in [0.1, 0.15) is 37.1 Å². The van der Waals surface area contributed by atoms with Crippen molar-refractivity contribution in [3.8, 4) is 11.8 Å². The molecule has 7 nitrogen and oxygen atoms in total. The summed E-state index contributed by atoms with van der Waals surface area (Å²) >= 11 is 0. The van der Waals surface area contributed by atoms with E-state index >= 15 is 0 Å². The molecule has 0 N–H and O–H groups in total. The molecule has 1 aliphatic rings. The zero-order valence-corrected chi connectivity index (χ0v) is 20.6. The van der Waals surface area contributed by atoms with Crippen molar-refractivity contribution < 1.29 is 31.1 Å². The summed E-state index contributed by atoms with van der Waals surface area (Å²) in [6, 6.07) is 6.89. The van der Waals surface area contributed by atoms with E-state index in [2.05, 4.69) is 9.72 Å². The first-order chi connectivity index (χ1) is 17.8. The molecule has 1 fully saturated rings. The number of hydrogen-bond donors (Lipinski definition) is 0. The standard InChI is InChI=1S/C25H23F6N5O2/c1-13-11-36(14(2)10-35(13)12-15-4-6-17(8-18(15)26)38-25(29,30)31)22-20(23(27)28)24(37)34(3)19-7-5-16(9-32)33-21(19)22/h4-8,13-14,23H,10-12H2,1-3H3/t13?,14-/m0/s1. The van der Waals surface area contributed by atoms with Crippen molar-refractivity contribution in [3.63, 3.8) is 0 Å². The number of alkyl halides is 5. The number of ether oxygens (including phenoxy) is 1. The molecular formula is C25H23F6N5O2. The van der Waals surface area contributed by atoms with Crippen molar-refractivity contribution in [2.75, 3.05) is 18.0 Å². The van der Waals surface area contributed by atoms with Crippen LogP contribution >= 0.6 is 0 Å². The molecule has 3 heterocycles. The predicted molar refractivity (Wildman–Crippen MR) is 126 cm³/mol. The zero-order valence-electron chi connectivity index (χ0n) is 20.6. The Morgan fingerprint density at radius 1 is 1.16 bits per heavy atom. The van der Waals surface area contributed by atoms with E-state index in [1.165, 1.54) is 25.2 Å². The minimum Gasteiger partial charge on any atom is -0.406 e. The number of nitriles is 1. The van der Waals surface area contributed by atoms with E-state index in [1.54, 1.807) is 18.7 Å². The first-order valence-electron chi connectivity index (χ1n) is 11.6. The molecule has 1 unspecified atom stereocenters. The number of nitrogens with zero attached hydrogens (tertiary/aromatic N) is 5. The quantitative estimate of drug-likeness (QED) is 0.431. The molecule has 38 heavy (non-hydrogen) atoms. The third-order valence-electron chi connectivity index (χ3n) is 6.62. The molecule has 0 saturated carbocycles. The smallest absolute Gasteiger partial charge is 0.406 e. The summed E-state index contributed by atoms with van der Waals surface area (Å²) in [5, 5.41) is 9.32. The summed E-state index contributed by atoms with van der Waals surface area (Å²) < 4.78 is 85.2. The number of fused-ring (bicyclic) bond motifs is 1. The van der Waals surface area contributed by atoms with Crippen LogP contribution in [0.15, 0.2) is 35.1 Å². The molecule has 0 bridgehead atoms. The van der Waals surface area contributed by atoms with Crippen LogP contribution in [0, 0.1) is 17.1 Å². The summed E-state index contributed by atoms with van der Waals surface area (Å²) in [6.45, 7) is 4.02. The largest absolute Gasteiger partial charge is 0.573 e. The van der Waals surface area contributed by atoms with Gasteiger partial charge in [-0.15, -0.1) is 13.2 Å². The lowest BCUT2D eigenvalue weighted by Crippen LogP contribution is -2.56. The highest BCUT2D eigenvalue weighted by molar-refractivity contribution is 5.91. The van der Waals surface area contributed by atoms with Crippen molar-refractivity contribution in [1.29, 1.82) is 5.26 Å². The first-order valence-corrected chi connectivity index (χ1v) is 11.6. The van der Waals surface area contributed by atoms with Gasteiger partial charge in [-0.3, -0.25) is 9.69 Å². The molecule has 202 valence electrons. The Labute approximate surface area is 213 Å². The Bertz CT molecular complexity index is 1470. The first kappa shape index (κ1) is 27.3. The second-order valence-corrected chi connectivity index (χ2v) is 9.18. The van der Waals surface area contributed by atoms with Crippen LogP contribution < -0.4 is 15.2 Å². The number of hydrogen-bond acceptors (Lipinski definition) is 6. The number of aryl methyl sites for hydroxylation is 1. The Kier molecular flexibility index (Phi) is 7.29. The number of anilines is 1. The van der Waals surface area contributed by atoms with Crippen molar-refractivity contribution in [2.45, 2.75) is 45.3 Å². The fourth-order valence-electron chi connectivity index (χ4n) is 4.77. The highest BCUT2D eigenvalue weighted by Gasteiger charge is 2.36. The zero-order chi connectivity index (χ0) is 27.9. The van der Waals surface area contributed by atoms with Crippen LogP contribution in [0.4, 0.5) is 32.0 Å². The van der Waals surface area contributed by atoms with Crippen LogP contribution in [0.2, 0.25) is 0 Å². The molecule has 4 rings (SSSR count). The third kappa shape index (κ3) is 5.26. The maximum absolute atomic E-state index is 14.6. The van der Waals surface area contributed by atoms with E-state index in [0.29, 0.717) is 11.6 Å². The minimum absolute atomic E-state index is 0.00498. The maximum Gasteiger partial charge on any atom is 0.573 e. The van der Waals surface area contributed by atoms with Crippen LogP contribution in [-0.4, -0.2) is 46.0 Å². The molecule has 1 aromatic carbocycles. The molecule has 0 aliphatic carbocycles. The van der Waals surface area contributed by atoms with Crippen molar-refractivity contribution >= 4 is 16.7 Å². The molecule has 2 aromatic heterocycles. The lowest BCUT2D eigenvalue weighted by Gasteiger charge is -2.46. The molecule has 13 heteroatoms. The second-order valence-electron chi connectivity index (χ2n) is 9.18. The highest BCUT2D eigenvalue weighted by Crippen LogP contribution is 2.36. The fraction of sp³-hybridized carbons (Fsp3) is 0.400. The van der Waals surface area contributed by atoms with E-state index in [0.717, 1.165) is 10.6 Å². The summed E-state index contributed by atoms with van der Waals surface area (Å²) in [5.41, 5.74) is -1.11. The third-order valence-corrected chi connectivity index (χ3v) is 6.62. The van der Waals surface area contributed by atoms with Gasteiger partial charge in [0.1, 0.15) is 34.4 Å². The van der Waals surface area contributed by atoms with Gasteiger partial charge in [0.15, 0.2) is 0 Å². The molecule has 0 spiro atoms. The highest BCUT2D eigenvalue weighted by atomic mass is 19.4. The van der Waals surface area contributed by atoms with E-state index < -0.39 is 41.5 Å². The van der Waals surface area contributed by atoms with Crippen molar-refractivity contribution in [3.05, 3.63) is 63.3 Å². The molecule has 1 aliphatic heterocycles. The summed E-state index contributed by atoms with van der Waals surface area (Å²) in [4.78, 5) is 20.7. The SMILES string of the molecule is CC1CN(c2c(C(F)F)c(=O)n(C)c3ccc(C#N)nc23)[C@@H](C)CN1Cc1ccc(OC(F)(F)F)cc1F. The van der Waals surface area contributed by atoms with E-state index in [1.807, 2.05) is 11.0 Å². The molecule has 1 saturated heterocycles. The molecule has 0 radical (unpaired) electrons. The van der Waals surface area contributed by atoms with Crippen LogP contribution in [-0.2, 0) is 13.6 Å². The van der Waals surface area contributed by atoms with Gasteiger partial charge in [-0.25, -0.2) is 18.2 Å². The lowest BCUT2D eigenvalue weighted by atomic mass is 10.0. The Morgan fingerprint density at radius 2 is 1.87 bits per heavy atom. The molecule has 2 atom stereocenters. The maximum atomic E-state index is 14.6. The molecule has 3 aromatic rings. The number of pyridine rings is 2. The van der Waals surface area contributed by atoms with Gasteiger partial charge < -0.3 is 14.2 Å². The lowest BCUT2D eigenvalue weighted by molar-refractivity contribution is -0.274. The average Bonchev–Trinajstić information content (AvgIpc) is 2.83. The number of aromatic nitrogens is 2. The van der Waals surface area contributed by atoms with Crippen molar-refractivity contribution in [1.82, 2.24) is 14.5 Å². The normalized spacial score (nSPS) is 18.7. The van der Waals surface area contributed by atoms with Gasteiger partial charge in [0.25, 0.3) is 12.0 Å². The van der Waals surface area contributed by atoms with Crippen LogP contribution in [0.3, 0.4) is 0 Å². The van der Waals surface area contributed by atoms with E-state index in [-0.39, 0.29) is 48.1 Å². The number of rotatable bonds is 5. The van der Waals surface area contributed by atoms with Gasteiger partial charge in [-0.2, -0.15) is 5.26 Å². The van der Waals surface area contributed by atoms with E-state index in [9.17, 15) is 36.4 Å². The van der Waals surface area contributed by atoms with Gasteiger partial charge >= 0.3 is 6.36 Å². The van der Waals surface area contributed by atoms with Gasteiger partial charge in [0.2, 0.25) is 0 Å². The Morgan fingerprint density at radius 3 is 2.47 bits per heavy atom. The monoisotopic (exact) mass is 539 g/mol. The van der Waals surface area contributed by atoms with Gasteiger partial charge in [-0.1, -0.05) is 6.07 Å². The summed E-state index contributed by atoms with van der Waals surface area (Å²) in [5.74, 6) is -1.55. The minimum atomic E-state index is -4.95. The number of benzene rings is 1. The van der Waals surface area contributed by atoms with Crippen LogP contribution in [0.5, 0.6) is 5.75 Å². The average molecular weight is 539 g/mol. The summed E-state index contributed by atoms with van der Waals surface area (Å²) in [6.07, 6.45) is -8.05. The van der Waals surface area contributed by atoms with Gasteiger partial charge in [0.05, 0.1) is 11.2 Å². The Balaban J connectivity index is 1.68. The predicted octanol–water partition coefficient (Wildman–Crippen LogP) is 4.88. The number of piperazine rings is 1. The molecule has 0 amide bonds. The van der Waals surface area contributed by atoms with Crippen molar-refractivity contribution in [2.24, 2.45) is 7.05 Å². The van der Waals surface area contributed by atoms with Gasteiger partial charge in [0, 0.05) is 50.4 Å². The van der Waals surface area contributed by atoms with E-state index in [4.69, 9.17) is 0 Å². The molecular weight excluding hydrogens is 516 g/mol. The topological polar surface area (TPSA) is 74.4 Å². The summed E-state index contributed by atoms with van der Waals surface area (Å²) in [7, 11) is 1.36.